The van der Waals surface area contributed by atoms with E-state index < -0.39 is 0 Å². The summed E-state index contributed by atoms with van der Waals surface area (Å²) in [5.74, 6) is 0. The van der Waals surface area contributed by atoms with E-state index >= 15 is 0 Å². The van der Waals surface area contributed by atoms with Gasteiger partial charge >= 0.3 is 0 Å². The summed E-state index contributed by atoms with van der Waals surface area (Å²) in [6.07, 6.45) is 1.43. The fraction of sp³-hybridized carbons (Fsp3) is 0.174. The summed E-state index contributed by atoms with van der Waals surface area (Å²) in [5.41, 5.74) is 6.27. The Labute approximate surface area is 172 Å². The molecule has 0 spiro atoms. The number of hydrogen-bond acceptors (Lipinski definition) is 6. The number of nitrogens with zero attached hydrogens (tertiary/aromatic N) is 3. The van der Waals surface area contributed by atoms with Crippen LogP contribution in [-0.4, -0.2) is 36.2 Å². The largest absolute Gasteiger partial charge is 0.443 e. The third-order valence-electron chi connectivity index (χ3n) is 5.40. The second kappa shape index (κ2) is 7.61. The van der Waals surface area contributed by atoms with E-state index in [-0.39, 0.29) is 10.6 Å². The monoisotopic (exact) mass is 401 g/mol. The Morgan fingerprint density at radius 3 is 2.53 bits per heavy atom. The van der Waals surface area contributed by atoms with Crippen molar-refractivity contribution < 1.29 is 14.1 Å². The number of hydrogen-bond donors (Lipinski definition) is 0. The van der Waals surface area contributed by atoms with Crippen molar-refractivity contribution in [3.8, 4) is 22.3 Å². The molecule has 5 rings (SSSR count). The highest BCUT2D eigenvalue weighted by molar-refractivity contribution is 5.92. The lowest BCUT2D eigenvalue weighted by Gasteiger charge is -2.31. The number of aromatic nitrogens is 1. The van der Waals surface area contributed by atoms with Crippen molar-refractivity contribution >= 4 is 22.5 Å². The van der Waals surface area contributed by atoms with Gasteiger partial charge in [-0.25, -0.2) is 4.98 Å². The maximum Gasteiger partial charge on any atom is 0.270 e. The van der Waals surface area contributed by atoms with E-state index in [0.717, 1.165) is 52.1 Å². The third kappa shape index (κ3) is 3.29. The van der Waals surface area contributed by atoms with Crippen LogP contribution in [0.15, 0.2) is 71.5 Å². The zero-order chi connectivity index (χ0) is 20.5. The smallest absolute Gasteiger partial charge is 0.270 e. The number of benzene rings is 3. The first kappa shape index (κ1) is 18.3. The topological polar surface area (TPSA) is 81.6 Å². The lowest BCUT2D eigenvalue weighted by Crippen LogP contribution is -2.36. The first-order chi connectivity index (χ1) is 14.7. The number of rotatable bonds is 4. The molecule has 0 unspecified atom stereocenters. The number of nitro benzene ring substituents is 1. The van der Waals surface area contributed by atoms with Gasteiger partial charge in [-0.3, -0.25) is 10.1 Å². The van der Waals surface area contributed by atoms with Crippen LogP contribution in [0.25, 0.3) is 33.4 Å². The van der Waals surface area contributed by atoms with Crippen LogP contribution in [0.2, 0.25) is 0 Å². The zero-order valence-electron chi connectivity index (χ0n) is 16.2. The summed E-state index contributed by atoms with van der Waals surface area (Å²) in [5, 5.41) is 11.5. The second-order valence-corrected chi connectivity index (χ2v) is 7.14. The summed E-state index contributed by atoms with van der Waals surface area (Å²) < 4.78 is 10.8. The van der Waals surface area contributed by atoms with Gasteiger partial charge in [0.1, 0.15) is 5.52 Å². The standard InChI is InChI=1S/C23H19N3O4/c27-26(28)17-6-7-22(25-9-11-29-12-10-25)20(14-17)19-4-2-1-3-18(19)16-5-8-23-21(13-16)24-15-30-23/h1-8,13-15H,9-12H2. The molecule has 1 aliphatic heterocycles. The molecule has 7 nitrogen and oxygen atoms in total. The van der Waals surface area contributed by atoms with Crippen LogP contribution in [0, 0.1) is 10.1 Å². The van der Waals surface area contributed by atoms with Gasteiger partial charge in [-0.1, -0.05) is 30.3 Å². The Balaban J connectivity index is 1.69. The lowest BCUT2D eigenvalue weighted by molar-refractivity contribution is -0.384. The minimum absolute atomic E-state index is 0.0729. The summed E-state index contributed by atoms with van der Waals surface area (Å²) in [7, 11) is 0. The van der Waals surface area contributed by atoms with Gasteiger partial charge in [0.15, 0.2) is 12.0 Å². The molecule has 1 aromatic heterocycles. The van der Waals surface area contributed by atoms with E-state index in [1.54, 1.807) is 12.1 Å². The molecule has 2 heterocycles. The molecular formula is C23H19N3O4. The number of oxazole rings is 1. The lowest BCUT2D eigenvalue weighted by atomic mass is 9.92. The van der Waals surface area contributed by atoms with Crippen LogP contribution in [0.5, 0.6) is 0 Å². The predicted octanol–water partition coefficient (Wildman–Crippen LogP) is 4.91. The van der Waals surface area contributed by atoms with Crippen molar-refractivity contribution in [3.63, 3.8) is 0 Å². The van der Waals surface area contributed by atoms with Gasteiger partial charge in [-0.2, -0.15) is 0 Å². The molecule has 150 valence electrons. The van der Waals surface area contributed by atoms with Crippen molar-refractivity contribution in [2.24, 2.45) is 0 Å². The summed E-state index contributed by atoms with van der Waals surface area (Å²) in [6.45, 7) is 2.78. The van der Waals surface area contributed by atoms with Gasteiger partial charge in [0, 0.05) is 36.5 Å². The van der Waals surface area contributed by atoms with E-state index in [9.17, 15) is 10.1 Å². The molecule has 1 aliphatic rings. The molecule has 1 fully saturated rings. The van der Waals surface area contributed by atoms with Gasteiger partial charge in [0.25, 0.3) is 5.69 Å². The average molecular weight is 401 g/mol. The maximum absolute atomic E-state index is 11.5. The fourth-order valence-corrected chi connectivity index (χ4v) is 3.93. The van der Waals surface area contributed by atoms with Crippen LogP contribution in [-0.2, 0) is 4.74 Å². The molecule has 0 aliphatic carbocycles. The second-order valence-electron chi connectivity index (χ2n) is 7.14. The van der Waals surface area contributed by atoms with Crippen molar-refractivity contribution in [3.05, 3.63) is 77.2 Å². The van der Waals surface area contributed by atoms with Crippen LogP contribution in [0.3, 0.4) is 0 Å². The Morgan fingerprint density at radius 1 is 0.933 bits per heavy atom. The summed E-state index contributed by atoms with van der Waals surface area (Å²) in [6, 6.07) is 18.9. The molecule has 0 bridgehead atoms. The van der Waals surface area contributed by atoms with Gasteiger partial charge in [-0.15, -0.1) is 0 Å². The van der Waals surface area contributed by atoms with Crippen molar-refractivity contribution in [2.75, 3.05) is 31.2 Å². The van der Waals surface area contributed by atoms with Gasteiger partial charge < -0.3 is 14.1 Å². The van der Waals surface area contributed by atoms with E-state index in [2.05, 4.69) is 9.88 Å². The number of fused-ring (bicyclic) bond motifs is 1. The fourth-order valence-electron chi connectivity index (χ4n) is 3.93. The Kier molecular flexibility index (Phi) is 4.65. The van der Waals surface area contributed by atoms with Crippen molar-refractivity contribution in [1.29, 1.82) is 0 Å². The summed E-state index contributed by atoms with van der Waals surface area (Å²) in [4.78, 5) is 17.6. The van der Waals surface area contributed by atoms with Gasteiger partial charge in [0.05, 0.1) is 18.1 Å². The quantitative estimate of drug-likeness (QED) is 0.357. The molecule has 4 aromatic rings. The predicted molar refractivity (Wildman–Crippen MR) is 115 cm³/mol. The molecule has 0 radical (unpaired) electrons. The van der Waals surface area contributed by atoms with Crippen molar-refractivity contribution in [2.45, 2.75) is 0 Å². The normalized spacial score (nSPS) is 14.2. The van der Waals surface area contributed by atoms with Crippen LogP contribution in [0.1, 0.15) is 0 Å². The minimum atomic E-state index is -0.351. The Bertz CT molecular complexity index is 1230. The number of non-ortho nitro benzene ring substituents is 1. The van der Waals surface area contributed by atoms with E-state index in [4.69, 9.17) is 9.15 Å². The first-order valence-corrected chi connectivity index (χ1v) is 9.75. The van der Waals surface area contributed by atoms with Gasteiger partial charge in [0.2, 0.25) is 0 Å². The number of nitro groups is 1. The molecular weight excluding hydrogens is 382 g/mol. The van der Waals surface area contributed by atoms with Crippen molar-refractivity contribution in [1.82, 2.24) is 4.98 Å². The van der Waals surface area contributed by atoms with E-state index in [1.807, 2.05) is 48.5 Å². The molecule has 0 N–H and O–H groups in total. The van der Waals surface area contributed by atoms with Gasteiger partial charge in [-0.05, 0) is 34.9 Å². The number of ether oxygens (including phenoxy) is 1. The average Bonchev–Trinajstić information content (AvgIpc) is 3.27. The maximum atomic E-state index is 11.5. The van der Waals surface area contributed by atoms with E-state index in [0.29, 0.717) is 13.2 Å². The third-order valence-corrected chi connectivity index (χ3v) is 5.40. The Morgan fingerprint density at radius 2 is 1.73 bits per heavy atom. The molecule has 0 amide bonds. The molecule has 1 saturated heterocycles. The summed E-state index contributed by atoms with van der Waals surface area (Å²) >= 11 is 0. The first-order valence-electron chi connectivity index (χ1n) is 9.75. The molecule has 7 heteroatoms. The highest BCUT2D eigenvalue weighted by Crippen LogP contribution is 2.40. The SMILES string of the molecule is O=[N+]([O-])c1ccc(N2CCOCC2)c(-c2ccccc2-c2ccc3ocnc3c2)c1. The highest BCUT2D eigenvalue weighted by Gasteiger charge is 2.21. The van der Waals surface area contributed by atoms with E-state index in [1.165, 1.54) is 6.39 Å². The number of anilines is 1. The van der Waals surface area contributed by atoms with Crippen LogP contribution < -0.4 is 4.90 Å². The molecule has 3 aromatic carbocycles. The molecule has 0 atom stereocenters. The Hall–Kier alpha value is -3.71. The van der Waals surface area contributed by atoms with Crippen LogP contribution >= 0.6 is 0 Å². The zero-order valence-corrected chi connectivity index (χ0v) is 16.2. The van der Waals surface area contributed by atoms with Crippen LogP contribution in [0.4, 0.5) is 11.4 Å². The molecule has 30 heavy (non-hydrogen) atoms. The molecule has 0 saturated carbocycles. The minimum Gasteiger partial charge on any atom is -0.443 e. The number of morpholine rings is 1. The highest BCUT2D eigenvalue weighted by atomic mass is 16.6.